The molecule has 0 aliphatic heterocycles. The van der Waals surface area contributed by atoms with Gasteiger partial charge in [0.15, 0.2) is 23.3 Å². The number of aryl methyl sites for hydroxylation is 3. The number of para-hydroxylation sites is 1. The van der Waals surface area contributed by atoms with E-state index in [1.54, 1.807) is 0 Å². The molecule has 0 radical (unpaired) electrons. The van der Waals surface area contributed by atoms with Crippen LogP contribution in [0.25, 0.3) is 107 Å². The Kier molecular flexibility index (Phi) is 9.74. The van der Waals surface area contributed by atoms with Crippen molar-refractivity contribution in [1.29, 1.82) is 0 Å². The molecule has 0 aliphatic carbocycles. The highest BCUT2D eigenvalue weighted by atomic mass is 15.1. The lowest BCUT2D eigenvalue weighted by Gasteiger charge is -2.17. The van der Waals surface area contributed by atoms with Crippen molar-refractivity contribution in [1.82, 2.24) is 29.5 Å². The van der Waals surface area contributed by atoms with Gasteiger partial charge in [-0.25, -0.2) is 24.9 Å². The monoisotopic (exact) mass is 822 g/mol. The third-order valence-corrected chi connectivity index (χ3v) is 11.9. The molecule has 6 heteroatoms. The summed E-state index contributed by atoms with van der Waals surface area (Å²) in [5, 5.41) is 2.33. The number of aromatic nitrogens is 6. The molecule has 0 unspecified atom stereocenters. The molecule has 3 heterocycles. The summed E-state index contributed by atoms with van der Waals surface area (Å²) in [5.41, 5.74) is 16.4. The Morgan fingerprint density at radius 1 is 0.328 bits per heavy atom. The summed E-state index contributed by atoms with van der Waals surface area (Å²) in [4.78, 5) is 26.1. The molecule has 304 valence electrons. The third-order valence-electron chi connectivity index (χ3n) is 11.9. The maximum Gasteiger partial charge on any atom is 0.166 e. The molecule has 0 bridgehead atoms. The fourth-order valence-corrected chi connectivity index (χ4v) is 9.09. The Morgan fingerprint density at radius 3 is 1.39 bits per heavy atom. The molecule has 0 N–H and O–H groups in total. The predicted molar refractivity (Wildman–Crippen MR) is 262 cm³/mol. The number of nitrogens with zero attached hydrogens (tertiary/aromatic N) is 6. The van der Waals surface area contributed by atoms with E-state index in [1.807, 2.05) is 97.1 Å². The van der Waals surface area contributed by atoms with Crippen LogP contribution in [0.3, 0.4) is 0 Å². The van der Waals surface area contributed by atoms with Gasteiger partial charge in [-0.3, -0.25) is 0 Å². The van der Waals surface area contributed by atoms with Crippen LogP contribution in [-0.4, -0.2) is 29.5 Å². The Balaban J connectivity index is 1.22. The molecule has 3 aromatic heterocycles. The van der Waals surface area contributed by atoms with Crippen molar-refractivity contribution in [2.75, 3.05) is 0 Å². The van der Waals surface area contributed by atoms with Gasteiger partial charge in [-0.1, -0.05) is 175 Å². The summed E-state index contributed by atoms with van der Waals surface area (Å²) < 4.78 is 2.38. The fraction of sp³-hybridized carbons (Fsp3) is 0.0517. The summed E-state index contributed by atoms with van der Waals surface area (Å²) in [7, 11) is 0. The van der Waals surface area contributed by atoms with Crippen LogP contribution in [0, 0.1) is 20.8 Å². The van der Waals surface area contributed by atoms with Gasteiger partial charge >= 0.3 is 0 Å². The van der Waals surface area contributed by atoms with Crippen LogP contribution in [0.5, 0.6) is 0 Å². The number of hydrogen-bond donors (Lipinski definition) is 0. The molecule has 0 atom stereocenters. The van der Waals surface area contributed by atoms with Crippen LogP contribution >= 0.6 is 0 Å². The summed E-state index contributed by atoms with van der Waals surface area (Å²) in [5.74, 6) is 2.39. The minimum Gasteiger partial charge on any atom is -0.308 e. The fourth-order valence-electron chi connectivity index (χ4n) is 9.09. The number of fused-ring (bicyclic) bond motifs is 3. The van der Waals surface area contributed by atoms with Crippen molar-refractivity contribution in [3.8, 4) is 84.9 Å². The predicted octanol–water partition coefficient (Wildman–Crippen LogP) is 14.4. The second-order valence-electron chi connectivity index (χ2n) is 16.3. The molecular formula is C58H42N6. The van der Waals surface area contributed by atoms with E-state index in [-0.39, 0.29) is 0 Å². The van der Waals surface area contributed by atoms with E-state index in [0.717, 1.165) is 72.3 Å². The van der Waals surface area contributed by atoms with Crippen molar-refractivity contribution < 1.29 is 0 Å². The van der Waals surface area contributed by atoms with E-state index >= 15 is 0 Å². The topological polar surface area (TPSA) is 69.4 Å². The number of hydrogen-bond acceptors (Lipinski definition) is 5. The molecule has 64 heavy (non-hydrogen) atoms. The molecule has 11 aromatic rings. The third kappa shape index (κ3) is 7.11. The van der Waals surface area contributed by atoms with Crippen molar-refractivity contribution in [2.24, 2.45) is 0 Å². The molecule has 0 saturated carbocycles. The Labute approximate surface area is 372 Å². The number of rotatable bonds is 8. The molecule has 0 fully saturated rings. The van der Waals surface area contributed by atoms with Gasteiger partial charge in [0.05, 0.1) is 28.1 Å². The maximum atomic E-state index is 5.32. The highest BCUT2D eigenvalue weighted by Crippen LogP contribution is 2.41. The smallest absolute Gasteiger partial charge is 0.166 e. The molecule has 0 saturated heterocycles. The molecule has 0 aliphatic rings. The van der Waals surface area contributed by atoms with Crippen molar-refractivity contribution >= 4 is 21.8 Å². The summed E-state index contributed by atoms with van der Waals surface area (Å²) in [6.45, 7) is 6.58. The van der Waals surface area contributed by atoms with Crippen LogP contribution < -0.4 is 0 Å². The summed E-state index contributed by atoms with van der Waals surface area (Å²) >= 11 is 0. The van der Waals surface area contributed by atoms with Gasteiger partial charge in [-0.15, -0.1) is 0 Å². The minimum absolute atomic E-state index is 0.553. The lowest BCUT2D eigenvalue weighted by Crippen LogP contribution is -2.04. The zero-order valence-corrected chi connectivity index (χ0v) is 35.7. The quantitative estimate of drug-likeness (QED) is 0.153. The standard InChI is InChI=1S/C58H42N6/c1-37-32-38(2)54(39(3)33-37)45-28-30-47-46-26-16-17-27-51(46)64(53(47)35-45)52-31-29-44(50-36-49(40-18-8-4-9-19-40)59-55(60-50)41-20-10-5-11-21-41)34-48(52)58-62-56(42-22-12-6-13-23-42)61-57(63-58)43-24-14-7-15-25-43/h4-36H,1-3H3. The van der Waals surface area contributed by atoms with Crippen LogP contribution in [0.1, 0.15) is 16.7 Å². The van der Waals surface area contributed by atoms with Crippen LogP contribution in [0.15, 0.2) is 200 Å². The first kappa shape index (κ1) is 38.6. The zero-order chi connectivity index (χ0) is 43.1. The van der Waals surface area contributed by atoms with Gasteiger partial charge in [0.1, 0.15) is 0 Å². The van der Waals surface area contributed by atoms with Gasteiger partial charge in [0.25, 0.3) is 0 Å². The van der Waals surface area contributed by atoms with Crippen LogP contribution in [-0.2, 0) is 0 Å². The average Bonchev–Trinajstić information content (AvgIpc) is 3.67. The van der Waals surface area contributed by atoms with Gasteiger partial charge in [0.2, 0.25) is 0 Å². The van der Waals surface area contributed by atoms with Crippen LogP contribution in [0.2, 0.25) is 0 Å². The lowest BCUT2D eigenvalue weighted by molar-refractivity contribution is 1.06. The van der Waals surface area contributed by atoms with Crippen LogP contribution in [0.4, 0.5) is 0 Å². The Hall–Kier alpha value is -8.35. The normalized spacial score (nSPS) is 11.4. The van der Waals surface area contributed by atoms with E-state index in [9.17, 15) is 0 Å². The van der Waals surface area contributed by atoms with E-state index in [4.69, 9.17) is 24.9 Å². The Bertz CT molecular complexity index is 3370. The first-order valence-electron chi connectivity index (χ1n) is 21.6. The van der Waals surface area contributed by atoms with E-state index in [1.165, 1.54) is 27.8 Å². The van der Waals surface area contributed by atoms with Crippen molar-refractivity contribution in [3.05, 3.63) is 217 Å². The summed E-state index contributed by atoms with van der Waals surface area (Å²) in [6.07, 6.45) is 0. The minimum atomic E-state index is 0.553. The molecule has 0 spiro atoms. The first-order valence-corrected chi connectivity index (χ1v) is 21.6. The summed E-state index contributed by atoms with van der Waals surface area (Å²) in [6, 6.07) is 69.5. The van der Waals surface area contributed by atoms with Gasteiger partial charge in [-0.05, 0) is 73.4 Å². The van der Waals surface area contributed by atoms with Gasteiger partial charge in [-0.2, -0.15) is 0 Å². The van der Waals surface area contributed by atoms with E-state index < -0.39 is 0 Å². The molecule has 11 rings (SSSR count). The number of benzene rings is 8. The first-order chi connectivity index (χ1) is 31.4. The van der Waals surface area contributed by atoms with E-state index in [2.05, 4.69) is 128 Å². The largest absolute Gasteiger partial charge is 0.308 e. The Morgan fingerprint density at radius 2 is 0.797 bits per heavy atom. The lowest BCUT2D eigenvalue weighted by atomic mass is 9.93. The second kappa shape index (κ2) is 16.2. The van der Waals surface area contributed by atoms with Gasteiger partial charge < -0.3 is 4.57 Å². The van der Waals surface area contributed by atoms with Crippen molar-refractivity contribution in [3.63, 3.8) is 0 Å². The van der Waals surface area contributed by atoms with E-state index in [0.29, 0.717) is 23.3 Å². The zero-order valence-electron chi connectivity index (χ0n) is 35.7. The van der Waals surface area contributed by atoms with Crippen molar-refractivity contribution in [2.45, 2.75) is 20.8 Å². The average molecular weight is 823 g/mol. The highest BCUT2D eigenvalue weighted by molar-refractivity contribution is 6.11. The van der Waals surface area contributed by atoms with Gasteiger partial charge in [0, 0.05) is 44.2 Å². The SMILES string of the molecule is Cc1cc(C)c(-c2ccc3c4ccccc4n(-c4ccc(-c5cc(-c6ccccc6)nc(-c6ccccc6)n5)cc4-c4nc(-c5ccccc5)nc(-c5ccccc5)n4)c3c2)c(C)c1. The highest BCUT2D eigenvalue weighted by Gasteiger charge is 2.22. The second-order valence-corrected chi connectivity index (χ2v) is 16.3. The molecular weight excluding hydrogens is 781 g/mol. The molecule has 6 nitrogen and oxygen atoms in total. The molecule has 8 aromatic carbocycles. The maximum absolute atomic E-state index is 5.32. The molecule has 0 amide bonds.